The van der Waals surface area contributed by atoms with Gasteiger partial charge in [0.05, 0.1) is 0 Å². The maximum atomic E-state index is 11.2. The van der Waals surface area contributed by atoms with Crippen LogP contribution in [0.2, 0.25) is 0 Å². The summed E-state index contributed by atoms with van der Waals surface area (Å²) < 4.78 is 0. The van der Waals surface area contributed by atoms with Gasteiger partial charge in [-0.1, -0.05) is 18.6 Å². The van der Waals surface area contributed by atoms with Crippen LogP contribution in [-0.4, -0.2) is 11.5 Å². The van der Waals surface area contributed by atoms with Crippen LogP contribution in [0.4, 0.5) is 0 Å². The van der Waals surface area contributed by atoms with Gasteiger partial charge in [-0.25, -0.2) is 0 Å². The number of carbonyl (C=O) groups excluding carboxylic acids is 1. The fraction of sp³-hybridized carbons (Fsp3) is 0.500. The number of hydrogen-bond donors (Lipinski definition) is 0. The molecule has 0 aliphatic carbocycles. The number of nitrogens with zero attached hydrogens (tertiary/aromatic N) is 1. The van der Waals surface area contributed by atoms with Gasteiger partial charge >= 0.3 is 0 Å². The van der Waals surface area contributed by atoms with Crippen LogP contribution in [0, 0.1) is 0 Å². The Labute approximate surface area is 86.4 Å². The van der Waals surface area contributed by atoms with E-state index in [0.29, 0.717) is 5.71 Å². The van der Waals surface area contributed by atoms with Gasteiger partial charge in [0.25, 0.3) is 0 Å². The van der Waals surface area contributed by atoms with Crippen LogP contribution < -0.4 is 0 Å². The van der Waals surface area contributed by atoms with Gasteiger partial charge < -0.3 is 0 Å². The van der Waals surface area contributed by atoms with Crippen LogP contribution in [-0.2, 0) is 4.79 Å². The van der Waals surface area contributed by atoms with Gasteiger partial charge in [-0.3, -0.25) is 9.79 Å². The van der Waals surface area contributed by atoms with Crippen LogP contribution in [0.15, 0.2) is 28.4 Å². The van der Waals surface area contributed by atoms with E-state index >= 15 is 0 Å². The number of hydrogen-bond acceptors (Lipinski definition) is 2. The van der Waals surface area contributed by atoms with Gasteiger partial charge in [-0.05, 0) is 33.3 Å². The highest BCUT2D eigenvalue weighted by Gasteiger charge is 2.01. The third-order valence-corrected chi connectivity index (χ3v) is 2.12. The zero-order valence-corrected chi connectivity index (χ0v) is 9.72. The van der Waals surface area contributed by atoms with Gasteiger partial charge in [-0.15, -0.1) is 0 Å². The number of rotatable bonds is 4. The van der Waals surface area contributed by atoms with Gasteiger partial charge in [0.15, 0.2) is 5.78 Å². The highest BCUT2D eigenvalue weighted by atomic mass is 16.1. The molecule has 2 heteroatoms. The summed E-state index contributed by atoms with van der Waals surface area (Å²) in [6.45, 7) is 9.46. The van der Waals surface area contributed by atoms with Crippen molar-refractivity contribution in [1.29, 1.82) is 0 Å². The zero-order chi connectivity index (χ0) is 11.1. The van der Waals surface area contributed by atoms with Crippen molar-refractivity contribution in [3.63, 3.8) is 0 Å². The molecule has 0 unspecified atom stereocenters. The van der Waals surface area contributed by atoms with Crippen LogP contribution in [0.1, 0.15) is 41.0 Å². The molecule has 2 nitrogen and oxygen atoms in total. The molecule has 14 heavy (non-hydrogen) atoms. The summed E-state index contributed by atoms with van der Waals surface area (Å²) in [6.07, 6.45) is 4.54. The van der Waals surface area contributed by atoms with Gasteiger partial charge in [0.2, 0.25) is 0 Å². The van der Waals surface area contributed by atoms with Crippen molar-refractivity contribution < 1.29 is 4.79 Å². The molecule has 0 spiro atoms. The summed E-state index contributed by atoms with van der Waals surface area (Å²) in [5.74, 6) is 0.00588. The summed E-state index contributed by atoms with van der Waals surface area (Å²) in [6, 6.07) is 0. The minimum absolute atomic E-state index is 0.00588. The predicted molar refractivity (Wildman–Crippen MR) is 61.6 cm³/mol. The van der Waals surface area contributed by atoms with E-state index in [1.165, 1.54) is 12.5 Å². The lowest BCUT2D eigenvalue weighted by Crippen LogP contribution is -2.06. The first kappa shape index (κ1) is 12.8. The third-order valence-electron chi connectivity index (χ3n) is 2.12. The fourth-order valence-electron chi connectivity index (χ4n) is 0.923. The first-order valence-corrected chi connectivity index (χ1v) is 4.91. The largest absolute Gasteiger partial charge is 0.293 e. The topological polar surface area (TPSA) is 29.4 Å². The molecule has 0 atom stereocenters. The molecule has 0 N–H and O–H groups in total. The molecule has 0 aliphatic heterocycles. The second-order valence-corrected chi connectivity index (χ2v) is 3.27. The minimum atomic E-state index is 0.00588. The Balaban J connectivity index is 5.02. The van der Waals surface area contributed by atoms with E-state index in [1.54, 1.807) is 6.08 Å². The molecule has 0 amide bonds. The van der Waals surface area contributed by atoms with Gasteiger partial charge in [-0.2, -0.15) is 0 Å². The molecule has 0 saturated heterocycles. The number of carbonyl (C=O) groups is 1. The molecule has 0 radical (unpaired) electrons. The summed E-state index contributed by atoms with van der Waals surface area (Å²) in [7, 11) is 0. The standard InChI is InChI=1S/C12H19NO/c1-6-8-12(11(5)14)13-10(4)9(3)7-2/h6,8H,7H2,1-5H3/b8-6-,10-9+,13-12-. The Hall–Kier alpha value is -1.18. The molecule has 0 rings (SSSR count). The predicted octanol–water partition coefficient (Wildman–Crippen LogP) is 3.30. The molecule has 0 saturated carbocycles. The van der Waals surface area contributed by atoms with Crippen molar-refractivity contribution in [3.05, 3.63) is 23.4 Å². The van der Waals surface area contributed by atoms with Gasteiger partial charge in [0.1, 0.15) is 5.71 Å². The minimum Gasteiger partial charge on any atom is -0.293 e. The maximum absolute atomic E-state index is 11.2. The number of ketones is 1. The average Bonchev–Trinajstić information content (AvgIpc) is 2.15. The van der Waals surface area contributed by atoms with E-state index in [-0.39, 0.29) is 5.78 Å². The zero-order valence-electron chi connectivity index (χ0n) is 9.72. The van der Waals surface area contributed by atoms with E-state index in [2.05, 4.69) is 11.9 Å². The Morgan fingerprint density at radius 2 is 1.86 bits per heavy atom. The molecule has 0 aromatic carbocycles. The van der Waals surface area contributed by atoms with Gasteiger partial charge in [0, 0.05) is 12.6 Å². The molecule has 0 bridgehead atoms. The quantitative estimate of drug-likeness (QED) is 0.630. The number of aliphatic imine (C=N–C) groups is 1. The third kappa shape index (κ3) is 4.17. The first-order valence-electron chi connectivity index (χ1n) is 4.91. The van der Waals surface area contributed by atoms with Crippen molar-refractivity contribution in [2.45, 2.75) is 41.0 Å². The number of Topliss-reactive ketones (excluding diaryl/α,β-unsaturated/α-hetero) is 1. The summed E-state index contributed by atoms with van der Waals surface area (Å²) >= 11 is 0. The summed E-state index contributed by atoms with van der Waals surface area (Å²) in [5.41, 5.74) is 2.68. The first-order chi connectivity index (χ1) is 6.52. The van der Waals surface area contributed by atoms with E-state index in [1.807, 2.05) is 26.8 Å². The van der Waals surface area contributed by atoms with Crippen molar-refractivity contribution >= 4 is 11.5 Å². The molecule has 78 valence electrons. The highest BCUT2D eigenvalue weighted by Crippen LogP contribution is 2.09. The summed E-state index contributed by atoms with van der Waals surface area (Å²) in [5, 5.41) is 0. The normalized spacial score (nSPS) is 14.5. The summed E-state index contributed by atoms with van der Waals surface area (Å²) in [4.78, 5) is 15.5. The Kier molecular flexibility index (Phi) is 5.77. The van der Waals surface area contributed by atoms with Crippen LogP contribution >= 0.6 is 0 Å². The lowest BCUT2D eigenvalue weighted by atomic mass is 10.2. The molecular weight excluding hydrogens is 174 g/mol. The highest BCUT2D eigenvalue weighted by molar-refractivity contribution is 6.43. The molecule has 0 fully saturated rings. The van der Waals surface area contributed by atoms with Crippen LogP contribution in [0.3, 0.4) is 0 Å². The van der Waals surface area contributed by atoms with Crippen LogP contribution in [0.25, 0.3) is 0 Å². The van der Waals surface area contributed by atoms with E-state index in [4.69, 9.17) is 0 Å². The van der Waals surface area contributed by atoms with E-state index in [9.17, 15) is 4.79 Å². The van der Waals surface area contributed by atoms with Crippen molar-refractivity contribution in [1.82, 2.24) is 0 Å². The SMILES string of the molecule is C\C=C/C(=N/C(C)=C(\C)CC)C(C)=O. The second-order valence-electron chi connectivity index (χ2n) is 3.27. The van der Waals surface area contributed by atoms with Crippen molar-refractivity contribution in [3.8, 4) is 0 Å². The maximum Gasteiger partial charge on any atom is 0.178 e. The van der Waals surface area contributed by atoms with Crippen molar-refractivity contribution in [2.24, 2.45) is 4.99 Å². The lowest BCUT2D eigenvalue weighted by molar-refractivity contribution is -0.111. The monoisotopic (exact) mass is 193 g/mol. The molecule has 0 heterocycles. The van der Waals surface area contributed by atoms with Crippen molar-refractivity contribution in [2.75, 3.05) is 0 Å². The Morgan fingerprint density at radius 1 is 1.29 bits per heavy atom. The second kappa shape index (κ2) is 6.30. The molecule has 0 aromatic heterocycles. The molecule has 0 aliphatic rings. The smallest absolute Gasteiger partial charge is 0.178 e. The van der Waals surface area contributed by atoms with E-state index < -0.39 is 0 Å². The Bertz CT molecular complexity index is 295. The van der Waals surface area contributed by atoms with E-state index in [0.717, 1.165) is 12.1 Å². The molecular formula is C12H19NO. The van der Waals surface area contributed by atoms with Crippen LogP contribution in [0.5, 0.6) is 0 Å². The Morgan fingerprint density at radius 3 is 2.21 bits per heavy atom. The molecule has 0 aromatic rings. The average molecular weight is 193 g/mol. The fourth-order valence-corrected chi connectivity index (χ4v) is 0.923. The lowest BCUT2D eigenvalue weighted by Gasteiger charge is -2.01. The number of allylic oxidation sites excluding steroid dienone is 4.